The lowest BCUT2D eigenvalue weighted by Gasteiger charge is -2.30. The smallest absolute Gasteiger partial charge is 0.123 e. The van der Waals surface area contributed by atoms with Crippen LogP contribution < -0.4 is 10.0 Å². The fourth-order valence-corrected chi connectivity index (χ4v) is 3.04. The van der Waals surface area contributed by atoms with Gasteiger partial charge in [-0.05, 0) is 32.0 Å². The number of halogens is 1. The highest BCUT2D eigenvalue weighted by atomic mass is 19.1. The first-order chi connectivity index (χ1) is 9.97. The Labute approximate surface area is 122 Å². The monoisotopic (exact) mass is 288 g/mol. The van der Waals surface area contributed by atoms with Gasteiger partial charge in [-0.15, -0.1) is 0 Å². The number of rotatable bonds is 2. The zero-order chi connectivity index (χ0) is 15.1. The molecule has 1 aromatic heterocycles. The third-order valence-corrected chi connectivity index (χ3v) is 4.24. The Morgan fingerprint density at radius 2 is 2.19 bits per heavy atom. The standard InChI is InChI=1S/C16H17FN2O2/c1-9(2)19-6-5-14-12(8-19)15(16(20)21)11-7-10(17)3-4-13(11)18-14/h3-4,7,9H,5-6,8H2,1-2H3,(H,20,21). The van der Waals surface area contributed by atoms with Gasteiger partial charge < -0.3 is 14.8 Å². The summed E-state index contributed by atoms with van der Waals surface area (Å²) in [6.45, 7) is 5.73. The molecule has 0 fully saturated rings. The predicted molar refractivity (Wildman–Crippen MR) is 74.4 cm³/mol. The number of benzene rings is 1. The van der Waals surface area contributed by atoms with Crippen molar-refractivity contribution in [1.82, 2.24) is 4.98 Å². The Morgan fingerprint density at radius 1 is 1.43 bits per heavy atom. The summed E-state index contributed by atoms with van der Waals surface area (Å²) in [6.07, 6.45) is 0.733. The molecule has 1 aromatic carbocycles. The van der Waals surface area contributed by atoms with Gasteiger partial charge in [0.25, 0.3) is 0 Å². The SMILES string of the molecule is CC(C)[NH+]1CCc2nc3ccc(F)cc3c(C(=O)[O-])c2C1. The second-order valence-corrected chi connectivity index (χ2v) is 5.85. The normalized spacial score (nSPS) is 18.0. The number of hydrogen-bond donors (Lipinski definition) is 1. The highest BCUT2D eigenvalue weighted by molar-refractivity contribution is 6.03. The van der Waals surface area contributed by atoms with Crippen LogP contribution in [0, 0.1) is 5.82 Å². The predicted octanol–water partition coefficient (Wildman–Crippen LogP) is 0.0868. The molecule has 21 heavy (non-hydrogen) atoms. The lowest BCUT2D eigenvalue weighted by molar-refractivity contribution is -0.937. The molecule has 0 radical (unpaired) electrons. The lowest BCUT2D eigenvalue weighted by Crippen LogP contribution is -3.14. The molecule has 3 rings (SSSR count). The van der Waals surface area contributed by atoms with Crippen molar-refractivity contribution in [3.05, 3.63) is 40.8 Å². The molecule has 0 saturated heterocycles. The van der Waals surface area contributed by atoms with Gasteiger partial charge in [-0.3, -0.25) is 4.98 Å². The van der Waals surface area contributed by atoms with Crippen molar-refractivity contribution in [3.63, 3.8) is 0 Å². The number of pyridine rings is 1. The molecule has 2 aromatic rings. The molecule has 0 amide bonds. The van der Waals surface area contributed by atoms with E-state index < -0.39 is 11.8 Å². The lowest BCUT2D eigenvalue weighted by atomic mass is 9.95. The molecule has 1 atom stereocenters. The van der Waals surface area contributed by atoms with Crippen LogP contribution in [0.1, 0.15) is 35.5 Å². The molecule has 5 heteroatoms. The van der Waals surface area contributed by atoms with E-state index in [9.17, 15) is 14.3 Å². The second kappa shape index (κ2) is 5.07. The van der Waals surface area contributed by atoms with Crippen LogP contribution in [0.2, 0.25) is 0 Å². The van der Waals surface area contributed by atoms with Gasteiger partial charge >= 0.3 is 0 Å². The minimum Gasteiger partial charge on any atom is -0.545 e. The van der Waals surface area contributed by atoms with Gasteiger partial charge in [0.2, 0.25) is 0 Å². The Kier molecular flexibility index (Phi) is 3.37. The first-order valence-corrected chi connectivity index (χ1v) is 7.14. The summed E-state index contributed by atoms with van der Waals surface area (Å²) >= 11 is 0. The van der Waals surface area contributed by atoms with Crippen molar-refractivity contribution in [3.8, 4) is 0 Å². The van der Waals surface area contributed by atoms with E-state index in [1.54, 1.807) is 0 Å². The van der Waals surface area contributed by atoms with E-state index in [2.05, 4.69) is 18.8 Å². The van der Waals surface area contributed by atoms with E-state index in [-0.39, 0.29) is 5.56 Å². The van der Waals surface area contributed by atoms with Crippen molar-refractivity contribution in [2.24, 2.45) is 0 Å². The van der Waals surface area contributed by atoms with Crippen LogP contribution in [-0.2, 0) is 13.0 Å². The maximum Gasteiger partial charge on any atom is 0.123 e. The van der Waals surface area contributed by atoms with E-state index in [0.717, 1.165) is 18.7 Å². The van der Waals surface area contributed by atoms with Crippen molar-refractivity contribution in [2.75, 3.05) is 6.54 Å². The van der Waals surface area contributed by atoms with E-state index >= 15 is 0 Å². The minimum atomic E-state index is -1.26. The molecular formula is C16H17FN2O2. The molecule has 0 saturated carbocycles. The van der Waals surface area contributed by atoms with Crippen molar-refractivity contribution < 1.29 is 19.2 Å². The fraction of sp³-hybridized carbons (Fsp3) is 0.375. The van der Waals surface area contributed by atoms with Crippen LogP contribution >= 0.6 is 0 Å². The summed E-state index contributed by atoms with van der Waals surface area (Å²) < 4.78 is 13.5. The van der Waals surface area contributed by atoms with Gasteiger partial charge in [0, 0.05) is 22.9 Å². The number of nitrogens with zero attached hydrogens (tertiary/aromatic N) is 1. The van der Waals surface area contributed by atoms with Gasteiger partial charge in [-0.25, -0.2) is 4.39 Å². The van der Waals surface area contributed by atoms with Gasteiger partial charge in [-0.2, -0.15) is 0 Å². The zero-order valence-corrected chi connectivity index (χ0v) is 12.1. The number of carboxylic acids is 1. The first kappa shape index (κ1) is 13.9. The van der Waals surface area contributed by atoms with E-state index in [1.807, 2.05) is 0 Å². The zero-order valence-electron chi connectivity index (χ0n) is 12.1. The van der Waals surface area contributed by atoms with E-state index in [4.69, 9.17) is 0 Å². The number of carbonyl (C=O) groups excluding carboxylic acids is 1. The molecule has 0 spiro atoms. The third kappa shape index (κ3) is 2.38. The molecule has 4 nitrogen and oxygen atoms in total. The summed E-state index contributed by atoms with van der Waals surface area (Å²) in [5.41, 5.74) is 2.12. The number of nitrogens with one attached hydrogen (secondary N) is 1. The minimum absolute atomic E-state index is 0.104. The van der Waals surface area contributed by atoms with E-state index in [1.165, 1.54) is 23.1 Å². The van der Waals surface area contributed by atoms with Crippen LogP contribution in [0.3, 0.4) is 0 Å². The van der Waals surface area contributed by atoms with Crippen molar-refractivity contribution >= 4 is 16.9 Å². The largest absolute Gasteiger partial charge is 0.545 e. The second-order valence-electron chi connectivity index (χ2n) is 5.85. The molecule has 0 aliphatic carbocycles. The Bertz CT molecular complexity index is 728. The third-order valence-electron chi connectivity index (χ3n) is 4.24. The number of hydrogen-bond acceptors (Lipinski definition) is 3. The Balaban J connectivity index is 2.26. The maximum atomic E-state index is 13.5. The molecule has 0 bridgehead atoms. The molecule has 1 N–H and O–H groups in total. The van der Waals surface area contributed by atoms with Crippen molar-refractivity contribution in [1.29, 1.82) is 0 Å². The number of quaternary nitrogens is 1. The quantitative estimate of drug-likeness (QED) is 0.852. The summed E-state index contributed by atoms with van der Waals surface area (Å²) in [4.78, 5) is 17.4. The average molecular weight is 288 g/mol. The van der Waals surface area contributed by atoms with E-state index in [0.29, 0.717) is 29.1 Å². The number of aromatic carboxylic acids is 1. The summed E-state index contributed by atoms with van der Waals surface area (Å²) in [6, 6.07) is 4.46. The number of carbonyl (C=O) groups is 1. The van der Waals surface area contributed by atoms with Crippen LogP contribution in [0.25, 0.3) is 10.9 Å². The topological polar surface area (TPSA) is 57.5 Å². The Hall–Kier alpha value is -2.01. The van der Waals surface area contributed by atoms with Gasteiger partial charge in [0.15, 0.2) is 0 Å². The van der Waals surface area contributed by atoms with Gasteiger partial charge in [-0.1, -0.05) is 0 Å². The van der Waals surface area contributed by atoms with Crippen molar-refractivity contribution in [2.45, 2.75) is 32.9 Å². The molecule has 1 unspecified atom stereocenters. The first-order valence-electron chi connectivity index (χ1n) is 7.14. The highest BCUT2D eigenvalue weighted by Crippen LogP contribution is 2.25. The molecule has 110 valence electrons. The van der Waals surface area contributed by atoms with Crippen LogP contribution in [0.5, 0.6) is 0 Å². The van der Waals surface area contributed by atoms with Crippen LogP contribution in [0.4, 0.5) is 4.39 Å². The molecular weight excluding hydrogens is 271 g/mol. The molecule has 2 heterocycles. The Morgan fingerprint density at radius 3 is 2.86 bits per heavy atom. The van der Waals surface area contributed by atoms with Gasteiger partial charge in [0.05, 0.1) is 29.8 Å². The van der Waals surface area contributed by atoms with Crippen LogP contribution in [0.15, 0.2) is 18.2 Å². The fourth-order valence-electron chi connectivity index (χ4n) is 3.04. The molecule has 1 aliphatic heterocycles. The van der Waals surface area contributed by atoms with Crippen LogP contribution in [-0.4, -0.2) is 23.5 Å². The summed E-state index contributed by atoms with van der Waals surface area (Å²) in [5, 5.41) is 11.9. The summed E-state index contributed by atoms with van der Waals surface area (Å²) in [5.74, 6) is -1.72. The number of aromatic nitrogens is 1. The average Bonchev–Trinajstić information content (AvgIpc) is 2.43. The van der Waals surface area contributed by atoms with Gasteiger partial charge in [0.1, 0.15) is 12.4 Å². The number of fused-ring (bicyclic) bond motifs is 2. The molecule has 1 aliphatic rings. The number of carboxylic acid groups (broad SMARTS) is 1. The maximum absolute atomic E-state index is 13.5. The highest BCUT2D eigenvalue weighted by Gasteiger charge is 2.27. The summed E-state index contributed by atoms with van der Waals surface area (Å²) in [7, 11) is 0.